The number of halogens is 1. The fourth-order valence-electron chi connectivity index (χ4n) is 1.06. The quantitative estimate of drug-likeness (QED) is 0.549. The Morgan fingerprint density at radius 3 is 2.94 bits per heavy atom. The number of hydrogen-bond acceptors (Lipinski definition) is 4. The molecule has 0 saturated heterocycles. The van der Waals surface area contributed by atoms with Crippen LogP contribution in [0.25, 0.3) is 0 Å². The Balaban J connectivity index is 2.33. The smallest absolute Gasteiger partial charge is 0.341 e. The van der Waals surface area contributed by atoms with Crippen molar-refractivity contribution in [2.45, 2.75) is 13.3 Å². The second-order valence-corrected chi connectivity index (χ2v) is 3.10. The molecule has 1 rings (SSSR count). The zero-order valence-corrected chi connectivity index (χ0v) is 9.11. The van der Waals surface area contributed by atoms with Crippen molar-refractivity contribution in [3.8, 4) is 0 Å². The minimum absolute atomic E-state index is 0.106. The highest BCUT2D eigenvalue weighted by atomic mass is 19.1. The zero-order valence-electron chi connectivity index (χ0n) is 9.11. The van der Waals surface area contributed by atoms with Crippen LogP contribution in [0, 0.1) is 5.82 Å². The van der Waals surface area contributed by atoms with E-state index in [1.807, 2.05) is 6.92 Å². The number of rotatable bonds is 6. The molecule has 1 aromatic heterocycles. The van der Waals surface area contributed by atoms with E-state index in [9.17, 15) is 9.18 Å². The minimum Gasteiger partial charge on any atom is -0.460 e. The number of ether oxygens (including phenoxy) is 2. The topological polar surface area (TPSA) is 48.4 Å². The number of pyridine rings is 1. The lowest BCUT2D eigenvalue weighted by Crippen LogP contribution is -2.12. The Bertz CT molecular complexity index is 344. The summed E-state index contributed by atoms with van der Waals surface area (Å²) in [5, 5.41) is 0. The lowest BCUT2D eigenvalue weighted by atomic mass is 10.2. The molecule has 1 heterocycles. The molecule has 1 aromatic rings. The average Bonchev–Trinajstić information content (AvgIpc) is 2.29. The van der Waals surface area contributed by atoms with Gasteiger partial charge in [-0.2, -0.15) is 0 Å². The van der Waals surface area contributed by atoms with Crippen molar-refractivity contribution in [2.24, 2.45) is 0 Å². The Hall–Kier alpha value is -1.49. The Kier molecular flexibility index (Phi) is 5.42. The Labute approximate surface area is 93.4 Å². The third-order valence-corrected chi connectivity index (χ3v) is 1.80. The van der Waals surface area contributed by atoms with Gasteiger partial charge in [-0.05, 0) is 12.5 Å². The minimum atomic E-state index is -0.694. The standard InChI is InChI=1S/C11H14FNO3/c1-2-5-15-6-7-16-11(14)9-3-4-13-8-10(9)12/h3-4,8H,2,5-7H2,1H3. The first kappa shape index (κ1) is 12.6. The van der Waals surface area contributed by atoms with Crippen LogP contribution in [0.3, 0.4) is 0 Å². The Morgan fingerprint density at radius 2 is 2.25 bits per heavy atom. The SMILES string of the molecule is CCCOCCOC(=O)c1ccncc1F. The summed E-state index contributed by atoms with van der Waals surface area (Å²) in [6.45, 7) is 3.06. The molecule has 5 heteroatoms. The lowest BCUT2D eigenvalue weighted by Gasteiger charge is -2.05. The van der Waals surface area contributed by atoms with Crippen molar-refractivity contribution in [3.63, 3.8) is 0 Å². The van der Waals surface area contributed by atoms with Crippen LogP contribution in [0.5, 0.6) is 0 Å². The van der Waals surface area contributed by atoms with Gasteiger partial charge in [0.05, 0.1) is 18.4 Å². The summed E-state index contributed by atoms with van der Waals surface area (Å²) >= 11 is 0. The molecule has 0 saturated carbocycles. The van der Waals surface area contributed by atoms with Gasteiger partial charge in [-0.15, -0.1) is 0 Å². The van der Waals surface area contributed by atoms with Crippen molar-refractivity contribution in [1.29, 1.82) is 0 Å². The molecule has 0 unspecified atom stereocenters. The Morgan fingerprint density at radius 1 is 1.44 bits per heavy atom. The molecule has 0 aliphatic carbocycles. The molecular formula is C11H14FNO3. The first-order valence-corrected chi connectivity index (χ1v) is 5.10. The fraction of sp³-hybridized carbons (Fsp3) is 0.455. The van der Waals surface area contributed by atoms with Gasteiger partial charge in [-0.1, -0.05) is 6.92 Å². The van der Waals surface area contributed by atoms with Crippen LogP contribution in [0.15, 0.2) is 18.5 Å². The molecule has 0 aliphatic rings. The van der Waals surface area contributed by atoms with Gasteiger partial charge in [-0.3, -0.25) is 4.98 Å². The fourth-order valence-corrected chi connectivity index (χ4v) is 1.06. The molecule has 0 bridgehead atoms. The third-order valence-electron chi connectivity index (χ3n) is 1.80. The van der Waals surface area contributed by atoms with E-state index in [1.165, 1.54) is 12.3 Å². The molecule has 0 atom stereocenters. The van der Waals surface area contributed by atoms with Gasteiger partial charge < -0.3 is 9.47 Å². The predicted molar refractivity (Wildman–Crippen MR) is 55.6 cm³/mol. The van der Waals surface area contributed by atoms with E-state index in [0.29, 0.717) is 13.2 Å². The highest BCUT2D eigenvalue weighted by Gasteiger charge is 2.12. The van der Waals surface area contributed by atoms with Crippen molar-refractivity contribution in [1.82, 2.24) is 4.98 Å². The van der Waals surface area contributed by atoms with Crippen molar-refractivity contribution in [3.05, 3.63) is 29.8 Å². The van der Waals surface area contributed by atoms with Crippen LogP contribution >= 0.6 is 0 Å². The summed E-state index contributed by atoms with van der Waals surface area (Å²) in [5.74, 6) is -1.37. The number of esters is 1. The first-order chi connectivity index (χ1) is 7.75. The number of carbonyl (C=O) groups excluding carboxylic acids is 1. The number of aromatic nitrogens is 1. The van der Waals surface area contributed by atoms with E-state index in [2.05, 4.69) is 4.98 Å². The molecule has 0 N–H and O–H groups in total. The van der Waals surface area contributed by atoms with Crippen LogP contribution in [-0.2, 0) is 9.47 Å². The van der Waals surface area contributed by atoms with Crippen LogP contribution in [0.4, 0.5) is 4.39 Å². The summed E-state index contributed by atoms with van der Waals surface area (Å²) in [6.07, 6.45) is 3.23. The second-order valence-electron chi connectivity index (χ2n) is 3.10. The lowest BCUT2D eigenvalue weighted by molar-refractivity contribution is 0.0314. The van der Waals surface area contributed by atoms with Gasteiger partial charge in [0.25, 0.3) is 0 Å². The van der Waals surface area contributed by atoms with Gasteiger partial charge in [0.15, 0.2) is 5.82 Å². The van der Waals surface area contributed by atoms with E-state index in [4.69, 9.17) is 9.47 Å². The van der Waals surface area contributed by atoms with E-state index >= 15 is 0 Å². The predicted octanol–water partition coefficient (Wildman–Crippen LogP) is 1.80. The normalized spacial score (nSPS) is 10.1. The molecule has 4 nitrogen and oxygen atoms in total. The van der Waals surface area contributed by atoms with Gasteiger partial charge >= 0.3 is 5.97 Å². The van der Waals surface area contributed by atoms with Gasteiger partial charge in [0.2, 0.25) is 0 Å². The third kappa shape index (κ3) is 3.94. The van der Waals surface area contributed by atoms with E-state index in [0.717, 1.165) is 12.6 Å². The molecule has 0 aromatic carbocycles. The van der Waals surface area contributed by atoms with Crippen LogP contribution in [0.1, 0.15) is 23.7 Å². The number of nitrogens with zero attached hydrogens (tertiary/aromatic N) is 1. The van der Waals surface area contributed by atoms with Crippen LogP contribution in [0.2, 0.25) is 0 Å². The van der Waals surface area contributed by atoms with Crippen LogP contribution in [-0.4, -0.2) is 30.8 Å². The van der Waals surface area contributed by atoms with Gasteiger partial charge in [-0.25, -0.2) is 9.18 Å². The summed E-state index contributed by atoms with van der Waals surface area (Å²) in [4.78, 5) is 14.9. The van der Waals surface area contributed by atoms with Crippen molar-refractivity contribution >= 4 is 5.97 Å². The van der Waals surface area contributed by atoms with Gasteiger partial charge in [0, 0.05) is 12.8 Å². The molecule has 88 valence electrons. The molecule has 0 amide bonds. The monoisotopic (exact) mass is 227 g/mol. The molecule has 16 heavy (non-hydrogen) atoms. The summed E-state index contributed by atoms with van der Waals surface area (Å²) in [7, 11) is 0. The molecule has 0 radical (unpaired) electrons. The van der Waals surface area contributed by atoms with Crippen LogP contribution < -0.4 is 0 Å². The number of carbonyl (C=O) groups is 1. The maximum absolute atomic E-state index is 13.1. The maximum atomic E-state index is 13.1. The number of hydrogen-bond donors (Lipinski definition) is 0. The molecule has 0 aliphatic heterocycles. The zero-order chi connectivity index (χ0) is 11.8. The van der Waals surface area contributed by atoms with E-state index < -0.39 is 11.8 Å². The second kappa shape index (κ2) is 6.90. The average molecular weight is 227 g/mol. The highest BCUT2D eigenvalue weighted by molar-refractivity contribution is 5.89. The van der Waals surface area contributed by atoms with Gasteiger partial charge in [0.1, 0.15) is 6.61 Å². The summed E-state index contributed by atoms with van der Waals surface area (Å²) in [6, 6.07) is 1.28. The van der Waals surface area contributed by atoms with Crippen molar-refractivity contribution in [2.75, 3.05) is 19.8 Å². The maximum Gasteiger partial charge on any atom is 0.341 e. The first-order valence-electron chi connectivity index (χ1n) is 5.10. The molecule has 0 fully saturated rings. The largest absolute Gasteiger partial charge is 0.460 e. The highest BCUT2D eigenvalue weighted by Crippen LogP contribution is 2.05. The van der Waals surface area contributed by atoms with E-state index in [-0.39, 0.29) is 12.2 Å². The summed E-state index contributed by atoms with van der Waals surface area (Å²) in [5.41, 5.74) is -0.106. The summed E-state index contributed by atoms with van der Waals surface area (Å²) < 4.78 is 23.0. The van der Waals surface area contributed by atoms with E-state index in [1.54, 1.807) is 0 Å². The molecule has 0 spiro atoms. The van der Waals surface area contributed by atoms with Crippen molar-refractivity contribution < 1.29 is 18.7 Å². The molecular weight excluding hydrogens is 213 g/mol.